The van der Waals surface area contributed by atoms with Crippen LogP contribution in [0.4, 0.5) is 11.4 Å². The maximum Gasteiger partial charge on any atom is 0.224 e. The van der Waals surface area contributed by atoms with Crippen molar-refractivity contribution in [1.29, 1.82) is 0 Å². The molecule has 0 saturated heterocycles. The summed E-state index contributed by atoms with van der Waals surface area (Å²) < 4.78 is 2.74. The highest BCUT2D eigenvalue weighted by molar-refractivity contribution is 9.10. The number of aromatic nitrogens is 2. The van der Waals surface area contributed by atoms with E-state index in [4.69, 9.17) is 5.73 Å². The van der Waals surface area contributed by atoms with Crippen molar-refractivity contribution in [2.45, 2.75) is 19.4 Å². The molecule has 6 heteroatoms. The molecule has 1 aromatic heterocycles. The summed E-state index contributed by atoms with van der Waals surface area (Å²) in [7, 11) is 0. The minimum atomic E-state index is -0.0168. The lowest BCUT2D eigenvalue weighted by Gasteiger charge is -2.06. The van der Waals surface area contributed by atoms with Crippen LogP contribution >= 0.6 is 15.9 Å². The summed E-state index contributed by atoms with van der Waals surface area (Å²) >= 11 is 3.33. The number of benzene rings is 1. The molecule has 0 fully saturated rings. The highest BCUT2D eigenvalue weighted by Crippen LogP contribution is 2.12. The Morgan fingerprint density at radius 3 is 3.00 bits per heavy atom. The molecule has 1 aromatic carbocycles. The predicted molar refractivity (Wildman–Crippen MR) is 78.6 cm³/mol. The SMILES string of the molecule is Nc1cccc(NC(=O)CCCn2cc(Br)cn2)c1. The van der Waals surface area contributed by atoms with Gasteiger partial charge in [-0.05, 0) is 40.5 Å². The van der Waals surface area contributed by atoms with Crippen molar-refractivity contribution in [2.24, 2.45) is 0 Å². The molecule has 2 rings (SSSR count). The largest absolute Gasteiger partial charge is 0.399 e. The summed E-state index contributed by atoms with van der Waals surface area (Å²) in [6.45, 7) is 0.718. The standard InChI is InChI=1S/C13H15BrN4O/c14-10-8-16-18(9-10)6-2-5-13(19)17-12-4-1-3-11(15)7-12/h1,3-4,7-9H,2,5-6,15H2,(H,17,19). The van der Waals surface area contributed by atoms with Crippen molar-refractivity contribution in [3.8, 4) is 0 Å². The summed E-state index contributed by atoms with van der Waals surface area (Å²) in [4.78, 5) is 11.7. The van der Waals surface area contributed by atoms with Crippen LogP contribution in [0.25, 0.3) is 0 Å². The van der Waals surface area contributed by atoms with Gasteiger partial charge in [-0.1, -0.05) is 6.07 Å². The van der Waals surface area contributed by atoms with Crippen LogP contribution in [0.15, 0.2) is 41.1 Å². The van der Waals surface area contributed by atoms with E-state index in [1.54, 1.807) is 23.0 Å². The Labute approximate surface area is 119 Å². The van der Waals surface area contributed by atoms with Crippen LogP contribution in [0.3, 0.4) is 0 Å². The van der Waals surface area contributed by atoms with Gasteiger partial charge < -0.3 is 11.1 Å². The van der Waals surface area contributed by atoms with Gasteiger partial charge in [0.15, 0.2) is 0 Å². The molecule has 0 aliphatic carbocycles. The van der Waals surface area contributed by atoms with Gasteiger partial charge in [0.25, 0.3) is 0 Å². The summed E-state index contributed by atoms with van der Waals surface area (Å²) in [5, 5.41) is 6.95. The van der Waals surface area contributed by atoms with E-state index in [9.17, 15) is 4.79 Å². The van der Waals surface area contributed by atoms with Gasteiger partial charge >= 0.3 is 0 Å². The number of carbonyl (C=O) groups is 1. The zero-order valence-electron chi connectivity index (χ0n) is 10.3. The molecule has 0 radical (unpaired) electrons. The molecule has 0 atom stereocenters. The number of aryl methyl sites for hydroxylation is 1. The zero-order chi connectivity index (χ0) is 13.7. The van der Waals surface area contributed by atoms with Crippen molar-refractivity contribution in [3.63, 3.8) is 0 Å². The van der Waals surface area contributed by atoms with Crippen LogP contribution in [0.5, 0.6) is 0 Å². The smallest absolute Gasteiger partial charge is 0.224 e. The lowest BCUT2D eigenvalue weighted by Crippen LogP contribution is -2.12. The van der Waals surface area contributed by atoms with Gasteiger partial charge in [0.1, 0.15) is 0 Å². The molecule has 5 nitrogen and oxygen atoms in total. The van der Waals surface area contributed by atoms with Gasteiger partial charge in [0.2, 0.25) is 5.91 Å². The first-order valence-corrected chi connectivity index (χ1v) is 6.76. The molecule has 0 saturated carbocycles. The number of carbonyl (C=O) groups excluding carboxylic acids is 1. The van der Waals surface area contributed by atoms with E-state index in [1.807, 2.05) is 18.3 Å². The van der Waals surface area contributed by atoms with Crippen molar-refractivity contribution in [2.75, 3.05) is 11.1 Å². The topological polar surface area (TPSA) is 72.9 Å². The molecular weight excluding hydrogens is 308 g/mol. The molecule has 1 heterocycles. The van der Waals surface area contributed by atoms with Crippen LogP contribution in [-0.2, 0) is 11.3 Å². The van der Waals surface area contributed by atoms with Crippen molar-refractivity contribution < 1.29 is 4.79 Å². The van der Waals surface area contributed by atoms with E-state index in [0.29, 0.717) is 12.1 Å². The molecule has 0 unspecified atom stereocenters. The normalized spacial score (nSPS) is 10.4. The first kappa shape index (κ1) is 13.6. The lowest BCUT2D eigenvalue weighted by molar-refractivity contribution is -0.116. The lowest BCUT2D eigenvalue weighted by atomic mass is 10.2. The van der Waals surface area contributed by atoms with Crippen molar-refractivity contribution in [3.05, 3.63) is 41.1 Å². The highest BCUT2D eigenvalue weighted by atomic mass is 79.9. The Bertz CT molecular complexity index is 567. The number of hydrogen-bond donors (Lipinski definition) is 2. The van der Waals surface area contributed by atoms with Crippen molar-refractivity contribution >= 4 is 33.2 Å². The van der Waals surface area contributed by atoms with Gasteiger partial charge in [-0.15, -0.1) is 0 Å². The number of anilines is 2. The van der Waals surface area contributed by atoms with E-state index >= 15 is 0 Å². The minimum absolute atomic E-state index is 0.0168. The van der Waals surface area contributed by atoms with Gasteiger partial charge in [-0.2, -0.15) is 5.10 Å². The van der Waals surface area contributed by atoms with Gasteiger partial charge in [-0.25, -0.2) is 0 Å². The molecule has 2 aromatic rings. The Morgan fingerprint density at radius 2 is 2.32 bits per heavy atom. The first-order chi connectivity index (χ1) is 9.13. The number of nitrogens with one attached hydrogen (secondary N) is 1. The number of halogens is 1. The molecule has 1 amide bonds. The van der Waals surface area contributed by atoms with E-state index in [1.165, 1.54) is 0 Å². The van der Waals surface area contributed by atoms with E-state index in [0.717, 1.165) is 23.1 Å². The van der Waals surface area contributed by atoms with Crippen LogP contribution in [0.1, 0.15) is 12.8 Å². The van der Waals surface area contributed by atoms with E-state index in [-0.39, 0.29) is 5.91 Å². The Kier molecular flexibility index (Phi) is 4.57. The fourth-order valence-electron chi connectivity index (χ4n) is 1.70. The number of rotatable bonds is 5. The molecule has 0 bridgehead atoms. The molecular formula is C13H15BrN4O. The average Bonchev–Trinajstić information content (AvgIpc) is 2.75. The highest BCUT2D eigenvalue weighted by Gasteiger charge is 2.03. The second-order valence-electron chi connectivity index (χ2n) is 4.20. The van der Waals surface area contributed by atoms with Crippen LogP contribution in [-0.4, -0.2) is 15.7 Å². The monoisotopic (exact) mass is 322 g/mol. The fourth-order valence-corrected chi connectivity index (χ4v) is 2.03. The Balaban J connectivity index is 1.76. The average molecular weight is 323 g/mol. The second-order valence-corrected chi connectivity index (χ2v) is 5.11. The molecule has 3 N–H and O–H groups in total. The van der Waals surface area contributed by atoms with Gasteiger partial charge in [0.05, 0.1) is 10.7 Å². The van der Waals surface area contributed by atoms with Gasteiger partial charge in [0, 0.05) is 30.5 Å². The number of nitrogens with two attached hydrogens (primary N) is 1. The summed E-state index contributed by atoms with van der Waals surface area (Å²) in [6.07, 6.45) is 4.80. The van der Waals surface area contributed by atoms with Crippen LogP contribution in [0.2, 0.25) is 0 Å². The maximum absolute atomic E-state index is 11.7. The third-order valence-corrected chi connectivity index (χ3v) is 2.97. The number of hydrogen-bond acceptors (Lipinski definition) is 3. The Hall–Kier alpha value is -1.82. The molecule has 0 aliphatic heterocycles. The summed E-state index contributed by atoms with van der Waals surface area (Å²) in [6, 6.07) is 7.15. The van der Waals surface area contributed by atoms with Crippen LogP contribution in [0, 0.1) is 0 Å². The third kappa shape index (κ3) is 4.40. The summed E-state index contributed by atoms with van der Waals surface area (Å²) in [5.74, 6) is -0.0168. The number of nitrogen functional groups attached to an aromatic ring is 1. The number of amides is 1. The second kappa shape index (κ2) is 6.38. The quantitative estimate of drug-likeness (QED) is 0.831. The summed E-state index contributed by atoms with van der Waals surface area (Å²) in [5.41, 5.74) is 7.01. The molecule has 100 valence electrons. The molecule has 0 spiro atoms. The zero-order valence-corrected chi connectivity index (χ0v) is 11.9. The molecule has 19 heavy (non-hydrogen) atoms. The van der Waals surface area contributed by atoms with Crippen LogP contribution < -0.4 is 11.1 Å². The maximum atomic E-state index is 11.7. The van der Waals surface area contributed by atoms with E-state index < -0.39 is 0 Å². The minimum Gasteiger partial charge on any atom is -0.399 e. The predicted octanol–water partition coefficient (Wildman–Crippen LogP) is 2.65. The number of nitrogens with zero attached hydrogens (tertiary/aromatic N) is 2. The van der Waals surface area contributed by atoms with E-state index in [2.05, 4.69) is 26.3 Å². The first-order valence-electron chi connectivity index (χ1n) is 5.97. The third-order valence-electron chi connectivity index (χ3n) is 2.56. The van der Waals surface area contributed by atoms with Crippen molar-refractivity contribution in [1.82, 2.24) is 9.78 Å². The fraction of sp³-hybridized carbons (Fsp3) is 0.231. The molecule has 0 aliphatic rings. The van der Waals surface area contributed by atoms with Gasteiger partial charge in [-0.3, -0.25) is 9.48 Å². The Morgan fingerprint density at radius 1 is 1.47 bits per heavy atom.